The molecule has 0 N–H and O–H groups in total. The van der Waals surface area contributed by atoms with Crippen LogP contribution in [0.2, 0.25) is 0 Å². The van der Waals surface area contributed by atoms with Crippen LogP contribution in [-0.4, -0.2) is 16.6 Å². The van der Waals surface area contributed by atoms with Gasteiger partial charge in [0.25, 0.3) is 0 Å². The minimum atomic E-state index is 0.720. The zero-order chi connectivity index (χ0) is 20.3. The zero-order valence-electron chi connectivity index (χ0n) is 18.4. The second kappa shape index (κ2) is 11.9. The average Bonchev–Trinajstić information content (AvgIpc) is 2.79. The van der Waals surface area contributed by atoms with E-state index in [-0.39, 0.29) is 0 Å². The molecule has 3 rings (SSSR count). The summed E-state index contributed by atoms with van der Waals surface area (Å²) in [6, 6.07) is 8.32. The molecular weight excluding hydrogens is 356 g/mol. The molecule has 1 heterocycles. The standard InChI is InChI=1S/C26H38N2O/c1-3-5-6-7-8-9-24-18-28-26(19-27-24)23-14-16-25(17-15-23)29-20-22-12-10-21(4-2)11-13-22/h14-19,21-22H,3-13,20H2,1-2H3. The molecule has 2 aromatic rings. The minimum Gasteiger partial charge on any atom is -0.493 e. The largest absolute Gasteiger partial charge is 0.493 e. The molecule has 1 aliphatic carbocycles. The summed E-state index contributed by atoms with van der Waals surface area (Å²) in [4.78, 5) is 9.24. The normalized spacial score (nSPS) is 19.2. The Balaban J connectivity index is 1.43. The second-order valence-corrected chi connectivity index (χ2v) is 8.69. The van der Waals surface area contributed by atoms with Crippen LogP contribution < -0.4 is 4.74 Å². The third-order valence-electron chi connectivity index (χ3n) is 6.42. The van der Waals surface area contributed by atoms with Gasteiger partial charge in [-0.25, -0.2) is 0 Å². The molecule has 0 amide bonds. The van der Waals surface area contributed by atoms with Crippen molar-refractivity contribution in [2.24, 2.45) is 11.8 Å². The van der Waals surface area contributed by atoms with Gasteiger partial charge in [-0.05, 0) is 61.8 Å². The quantitative estimate of drug-likeness (QED) is 0.376. The third-order valence-corrected chi connectivity index (χ3v) is 6.42. The van der Waals surface area contributed by atoms with E-state index in [1.54, 1.807) is 0 Å². The van der Waals surface area contributed by atoms with Crippen molar-refractivity contribution in [3.63, 3.8) is 0 Å². The van der Waals surface area contributed by atoms with E-state index in [9.17, 15) is 0 Å². The van der Waals surface area contributed by atoms with Gasteiger partial charge in [0, 0.05) is 11.8 Å². The molecule has 1 fully saturated rings. The lowest BCUT2D eigenvalue weighted by Gasteiger charge is -2.27. The summed E-state index contributed by atoms with van der Waals surface area (Å²) < 4.78 is 6.06. The maximum atomic E-state index is 6.06. The highest BCUT2D eigenvalue weighted by Gasteiger charge is 2.20. The van der Waals surface area contributed by atoms with Crippen molar-refractivity contribution in [3.05, 3.63) is 42.4 Å². The summed E-state index contributed by atoms with van der Waals surface area (Å²) in [5.41, 5.74) is 3.13. The molecule has 0 atom stereocenters. The maximum absolute atomic E-state index is 6.06. The molecule has 0 aliphatic heterocycles. The summed E-state index contributed by atoms with van der Waals surface area (Å²) in [5.74, 6) is 2.62. The molecule has 158 valence electrons. The van der Waals surface area contributed by atoms with E-state index in [0.29, 0.717) is 0 Å². The van der Waals surface area contributed by atoms with Gasteiger partial charge < -0.3 is 4.74 Å². The zero-order valence-corrected chi connectivity index (χ0v) is 18.4. The van der Waals surface area contributed by atoms with Crippen molar-refractivity contribution in [2.75, 3.05) is 6.61 Å². The van der Waals surface area contributed by atoms with Gasteiger partial charge in [-0.2, -0.15) is 0 Å². The number of aryl methyl sites for hydroxylation is 1. The van der Waals surface area contributed by atoms with Crippen molar-refractivity contribution < 1.29 is 4.74 Å². The number of ether oxygens (including phenoxy) is 1. The third kappa shape index (κ3) is 7.13. The van der Waals surface area contributed by atoms with Gasteiger partial charge in [0.05, 0.1) is 24.2 Å². The van der Waals surface area contributed by atoms with E-state index >= 15 is 0 Å². The second-order valence-electron chi connectivity index (χ2n) is 8.69. The number of aromatic nitrogens is 2. The van der Waals surface area contributed by atoms with Crippen LogP contribution in [0.25, 0.3) is 11.3 Å². The number of unbranched alkanes of at least 4 members (excludes halogenated alkanes) is 4. The lowest BCUT2D eigenvalue weighted by atomic mass is 9.81. The molecule has 1 aromatic heterocycles. The van der Waals surface area contributed by atoms with Crippen molar-refractivity contribution in [1.29, 1.82) is 0 Å². The van der Waals surface area contributed by atoms with Gasteiger partial charge in [-0.3, -0.25) is 9.97 Å². The smallest absolute Gasteiger partial charge is 0.119 e. The molecule has 0 spiro atoms. The van der Waals surface area contributed by atoms with Gasteiger partial charge in [0.2, 0.25) is 0 Å². The molecule has 0 radical (unpaired) electrons. The van der Waals surface area contributed by atoms with Crippen LogP contribution in [0.1, 0.15) is 83.7 Å². The highest BCUT2D eigenvalue weighted by Crippen LogP contribution is 2.31. The molecular formula is C26H38N2O. The van der Waals surface area contributed by atoms with Crippen LogP contribution in [0.5, 0.6) is 5.75 Å². The lowest BCUT2D eigenvalue weighted by molar-refractivity contribution is 0.181. The van der Waals surface area contributed by atoms with Gasteiger partial charge in [-0.15, -0.1) is 0 Å². The van der Waals surface area contributed by atoms with Crippen LogP contribution in [0.15, 0.2) is 36.7 Å². The SMILES string of the molecule is CCCCCCCc1cnc(-c2ccc(OCC3CCC(CC)CC3)cc2)cn1. The number of hydrogen-bond acceptors (Lipinski definition) is 3. The highest BCUT2D eigenvalue weighted by atomic mass is 16.5. The molecule has 1 aromatic carbocycles. The molecule has 3 heteroatoms. The van der Waals surface area contributed by atoms with Crippen molar-refractivity contribution in [1.82, 2.24) is 9.97 Å². The van der Waals surface area contributed by atoms with Gasteiger partial charge >= 0.3 is 0 Å². The van der Waals surface area contributed by atoms with Crippen LogP contribution in [-0.2, 0) is 6.42 Å². The molecule has 0 saturated heterocycles. The Hall–Kier alpha value is -1.90. The van der Waals surface area contributed by atoms with Crippen LogP contribution >= 0.6 is 0 Å². The predicted octanol–water partition coefficient (Wildman–Crippen LogP) is 7.25. The number of benzene rings is 1. The van der Waals surface area contributed by atoms with E-state index in [1.165, 1.54) is 64.2 Å². The van der Waals surface area contributed by atoms with E-state index in [1.807, 2.05) is 12.4 Å². The summed E-state index contributed by atoms with van der Waals surface area (Å²) >= 11 is 0. The fourth-order valence-corrected chi connectivity index (χ4v) is 4.29. The Kier molecular flexibility index (Phi) is 8.98. The van der Waals surface area contributed by atoms with E-state index in [2.05, 4.69) is 48.1 Å². The first-order valence-corrected chi connectivity index (χ1v) is 11.8. The molecule has 0 unspecified atom stereocenters. The van der Waals surface area contributed by atoms with Crippen LogP contribution in [0, 0.1) is 11.8 Å². The fraction of sp³-hybridized carbons (Fsp3) is 0.615. The van der Waals surface area contributed by atoms with Gasteiger partial charge in [-0.1, -0.05) is 58.8 Å². The maximum Gasteiger partial charge on any atom is 0.119 e. The summed E-state index contributed by atoms with van der Waals surface area (Å²) in [7, 11) is 0. The average molecular weight is 395 g/mol. The summed E-state index contributed by atoms with van der Waals surface area (Å²) in [6.07, 6.45) is 18.0. The number of hydrogen-bond donors (Lipinski definition) is 0. The Labute approximate surface area is 177 Å². The molecule has 3 nitrogen and oxygen atoms in total. The van der Waals surface area contributed by atoms with Crippen molar-refractivity contribution >= 4 is 0 Å². The van der Waals surface area contributed by atoms with E-state index in [0.717, 1.165) is 47.6 Å². The first kappa shape index (κ1) is 21.8. The van der Waals surface area contributed by atoms with Crippen LogP contribution in [0.4, 0.5) is 0 Å². The molecule has 29 heavy (non-hydrogen) atoms. The Morgan fingerprint density at radius 1 is 0.828 bits per heavy atom. The fourth-order valence-electron chi connectivity index (χ4n) is 4.29. The van der Waals surface area contributed by atoms with Crippen molar-refractivity contribution in [2.45, 2.75) is 84.5 Å². The first-order chi connectivity index (χ1) is 14.3. The summed E-state index contributed by atoms with van der Waals surface area (Å²) in [5, 5.41) is 0. The Morgan fingerprint density at radius 3 is 2.21 bits per heavy atom. The Morgan fingerprint density at radius 2 is 1.55 bits per heavy atom. The van der Waals surface area contributed by atoms with Crippen molar-refractivity contribution in [3.8, 4) is 17.0 Å². The lowest BCUT2D eigenvalue weighted by Crippen LogP contribution is -2.19. The van der Waals surface area contributed by atoms with Gasteiger partial charge in [0.15, 0.2) is 0 Å². The van der Waals surface area contributed by atoms with E-state index < -0.39 is 0 Å². The molecule has 0 bridgehead atoms. The summed E-state index contributed by atoms with van der Waals surface area (Å²) in [6.45, 7) is 5.42. The Bertz CT molecular complexity index is 688. The monoisotopic (exact) mass is 394 g/mol. The molecule has 1 saturated carbocycles. The molecule has 1 aliphatic rings. The minimum absolute atomic E-state index is 0.720. The number of nitrogens with zero attached hydrogens (tertiary/aromatic N) is 2. The predicted molar refractivity (Wildman–Crippen MR) is 121 cm³/mol. The number of rotatable bonds is 11. The topological polar surface area (TPSA) is 35.0 Å². The van der Waals surface area contributed by atoms with Gasteiger partial charge in [0.1, 0.15) is 5.75 Å². The van der Waals surface area contributed by atoms with Crippen LogP contribution in [0.3, 0.4) is 0 Å². The van der Waals surface area contributed by atoms with E-state index in [4.69, 9.17) is 4.74 Å². The first-order valence-electron chi connectivity index (χ1n) is 11.8. The highest BCUT2D eigenvalue weighted by molar-refractivity contribution is 5.58.